The van der Waals surface area contributed by atoms with Gasteiger partial charge >= 0.3 is 12.1 Å². The van der Waals surface area contributed by atoms with Gasteiger partial charge in [0.15, 0.2) is 0 Å². The average Bonchev–Trinajstić information content (AvgIpc) is 2.91. The molecule has 0 spiro atoms. The summed E-state index contributed by atoms with van der Waals surface area (Å²) in [7, 11) is 2.50. The Morgan fingerprint density at radius 3 is 2.58 bits per heavy atom. The summed E-state index contributed by atoms with van der Waals surface area (Å²) < 4.78 is 43.5. The number of ether oxygens (including phenoxy) is 1. The van der Waals surface area contributed by atoms with Crippen LogP contribution in [0.3, 0.4) is 0 Å². The molecule has 0 aliphatic rings. The summed E-state index contributed by atoms with van der Waals surface area (Å²) in [6, 6.07) is 4.46. The van der Waals surface area contributed by atoms with Gasteiger partial charge in [-0.05, 0) is 18.2 Å². The molecule has 24 heavy (non-hydrogen) atoms. The van der Waals surface area contributed by atoms with Gasteiger partial charge in [0.05, 0.1) is 24.4 Å². The van der Waals surface area contributed by atoms with Gasteiger partial charge in [0.1, 0.15) is 5.69 Å². The molecule has 1 aromatic carbocycles. The van der Waals surface area contributed by atoms with Gasteiger partial charge in [-0.25, -0.2) is 4.79 Å². The van der Waals surface area contributed by atoms with Crippen molar-refractivity contribution in [3.05, 3.63) is 52.8 Å². The number of hydrogen-bond donors (Lipinski definition) is 0. The Kier molecular flexibility index (Phi) is 4.74. The molecule has 0 saturated heterocycles. The van der Waals surface area contributed by atoms with Crippen LogP contribution >= 0.6 is 0 Å². The molecule has 0 aliphatic carbocycles. The number of methoxy groups -OCH3 is 1. The summed E-state index contributed by atoms with van der Waals surface area (Å²) in [5.41, 5.74) is -0.692. The van der Waals surface area contributed by atoms with Crippen LogP contribution in [-0.2, 0) is 22.8 Å². The third-order valence-corrected chi connectivity index (χ3v) is 3.06. The number of hydrogen-bond acceptors (Lipinski definition) is 4. The first kappa shape index (κ1) is 17.3. The van der Waals surface area contributed by atoms with E-state index >= 15 is 0 Å². The molecule has 0 N–H and O–H groups in total. The Labute approximate surface area is 135 Å². The van der Waals surface area contributed by atoms with E-state index in [2.05, 4.69) is 21.7 Å². The fourth-order valence-electron chi connectivity index (χ4n) is 1.90. The number of nitrogens with zero attached hydrogens (tertiary/aromatic N) is 2. The molecule has 2 aromatic rings. The van der Waals surface area contributed by atoms with Crippen LogP contribution in [0.4, 0.5) is 13.2 Å². The summed E-state index contributed by atoms with van der Waals surface area (Å²) in [5, 5.41) is 3.83. The fourth-order valence-corrected chi connectivity index (χ4v) is 1.90. The van der Waals surface area contributed by atoms with Crippen LogP contribution in [0.1, 0.15) is 27.2 Å². The number of rotatable bonds is 2. The van der Waals surface area contributed by atoms with Gasteiger partial charge in [-0.1, -0.05) is 17.9 Å². The monoisotopic (exact) mass is 336 g/mol. The van der Waals surface area contributed by atoms with Crippen molar-refractivity contribution in [1.29, 1.82) is 0 Å². The van der Waals surface area contributed by atoms with Gasteiger partial charge in [-0.15, -0.1) is 0 Å². The van der Waals surface area contributed by atoms with Gasteiger partial charge < -0.3 is 4.74 Å². The fraction of sp³-hybridized carbons (Fsp3) is 0.188. The molecule has 0 atom stereocenters. The summed E-state index contributed by atoms with van der Waals surface area (Å²) in [4.78, 5) is 23.3. The smallest absolute Gasteiger partial charge is 0.416 e. The van der Waals surface area contributed by atoms with Gasteiger partial charge in [-0.2, -0.15) is 18.3 Å². The number of carbonyl (C=O) groups is 2. The number of esters is 1. The molecule has 8 heteroatoms. The van der Waals surface area contributed by atoms with E-state index in [1.165, 1.54) is 25.4 Å². The van der Waals surface area contributed by atoms with E-state index in [4.69, 9.17) is 0 Å². The first-order valence-corrected chi connectivity index (χ1v) is 6.58. The maximum atomic E-state index is 12.7. The molecule has 0 amide bonds. The van der Waals surface area contributed by atoms with E-state index in [1.54, 1.807) is 0 Å². The van der Waals surface area contributed by atoms with E-state index < -0.39 is 23.5 Å². The van der Waals surface area contributed by atoms with Crippen molar-refractivity contribution in [1.82, 2.24) is 9.78 Å². The number of aromatic nitrogens is 2. The second-order valence-electron chi connectivity index (χ2n) is 4.68. The van der Waals surface area contributed by atoms with Crippen LogP contribution in [0.25, 0.3) is 0 Å². The van der Waals surface area contributed by atoms with Crippen molar-refractivity contribution in [2.24, 2.45) is 7.05 Å². The van der Waals surface area contributed by atoms with Crippen molar-refractivity contribution in [3.63, 3.8) is 0 Å². The van der Waals surface area contributed by atoms with E-state index in [-0.39, 0.29) is 16.8 Å². The number of alkyl halides is 3. The lowest BCUT2D eigenvalue weighted by Crippen LogP contribution is -2.20. The number of ketones is 1. The van der Waals surface area contributed by atoms with Gasteiger partial charge in [-0.3, -0.25) is 9.48 Å². The van der Waals surface area contributed by atoms with E-state index in [9.17, 15) is 22.8 Å². The number of carbonyl (C=O) groups excluding carboxylic acids is 2. The van der Waals surface area contributed by atoms with Gasteiger partial charge in [0.2, 0.25) is 0 Å². The summed E-state index contributed by atoms with van der Waals surface area (Å²) in [6.07, 6.45) is -3.23. The van der Waals surface area contributed by atoms with Crippen molar-refractivity contribution >= 4 is 11.8 Å². The predicted octanol–water partition coefficient (Wildman–Crippen LogP) is 2.19. The van der Waals surface area contributed by atoms with Crippen molar-refractivity contribution in [2.45, 2.75) is 6.18 Å². The van der Waals surface area contributed by atoms with Crippen molar-refractivity contribution in [2.75, 3.05) is 7.11 Å². The van der Waals surface area contributed by atoms with Crippen molar-refractivity contribution < 1.29 is 27.5 Å². The zero-order valence-electron chi connectivity index (χ0n) is 12.6. The number of aryl methyl sites for hydroxylation is 1. The van der Waals surface area contributed by atoms with Gasteiger partial charge in [0, 0.05) is 12.6 Å². The molecule has 2 rings (SSSR count). The SMILES string of the molecule is COC(=O)C(=O)c1c(C#Cc2cccc(C(F)(F)F)c2)cnn1C. The zero-order valence-corrected chi connectivity index (χ0v) is 12.6. The normalized spacial score (nSPS) is 10.7. The van der Waals surface area contributed by atoms with E-state index in [1.807, 2.05) is 0 Å². The van der Waals surface area contributed by atoms with E-state index in [0.717, 1.165) is 23.9 Å². The second-order valence-corrected chi connectivity index (χ2v) is 4.68. The molecular formula is C16H11F3N2O3. The van der Waals surface area contributed by atoms with Crippen LogP contribution in [0.2, 0.25) is 0 Å². The molecule has 0 saturated carbocycles. The highest BCUT2D eigenvalue weighted by Gasteiger charge is 2.30. The minimum absolute atomic E-state index is 0.0960. The predicted molar refractivity (Wildman–Crippen MR) is 77.0 cm³/mol. The first-order chi connectivity index (χ1) is 11.2. The lowest BCUT2D eigenvalue weighted by molar-refractivity contribution is -0.137. The standard InChI is InChI=1S/C16H11F3N2O3/c1-21-13(14(22)15(23)24-2)11(9-20-21)7-6-10-4-3-5-12(8-10)16(17,18)19/h3-5,8-9H,1-2H3. The third-order valence-electron chi connectivity index (χ3n) is 3.06. The highest BCUT2D eigenvalue weighted by atomic mass is 19.4. The van der Waals surface area contributed by atoms with E-state index in [0.29, 0.717) is 0 Å². The maximum Gasteiger partial charge on any atom is 0.416 e. The molecule has 1 aromatic heterocycles. The third kappa shape index (κ3) is 3.63. The van der Waals surface area contributed by atoms with Gasteiger partial charge in [0.25, 0.3) is 5.78 Å². The van der Waals surface area contributed by atoms with Crippen LogP contribution in [-0.4, -0.2) is 28.6 Å². The molecule has 0 unspecified atom stereocenters. The number of Topliss-reactive ketones (excluding diaryl/α,β-unsaturated/α-hetero) is 1. The molecule has 1 heterocycles. The highest BCUT2D eigenvalue weighted by molar-refractivity contribution is 6.40. The molecule has 124 valence electrons. The largest absolute Gasteiger partial charge is 0.463 e. The summed E-state index contributed by atoms with van der Waals surface area (Å²) >= 11 is 0. The van der Waals surface area contributed by atoms with Crippen molar-refractivity contribution in [3.8, 4) is 11.8 Å². The Bertz CT molecular complexity index is 857. The zero-order chi connectivity index (χ0) is 17.9. The second kappa shape index (κ2) is 6.58. The average molecular weight is 336 g/mol. The van der Waals surface area contributed by atoms with Crippen LogP contribution < -0.4 is 0 Å². The number of benzene rings is 1. The molecule has 0 bridgehead atoms. The minimum atomic E-state index is -4.47. The Hall–Kier alpha value is -3.08. The molecule has 0 radical (unpaired) electrons. The quantitative estimate of drug-likeness (QED) is 0.365. The van der Waals surface area contributed by atoms with Crippen LogP contribution in [0.5, 0.6) is 0 Å². The first-order valence-electron chi connectivity index (χ1n) is 6.58. The number of halogens is 3. The summed E-state index contributed by atoms with van der Waals surface area (Å²) in [5.74, 6) is 3.07. The maximum absolute atomic E-state index is 12.7. The Balaban J connectivity index is 2.40. The topological polar surface area (TPSA) is 61.2 Å². The lowest BCUT2D eigenvalue weighted by atomic mass is 10.1. The molecule has 5 nitrogen and oxygen atoms in total. The van der Waals surface area contributed by atoms with Crippen LogP contribution in [0.15, 0.2) is 30.5 Å². The molecule has 0 aliphatic heterocycles. The Morgan fingerprint density at radius 1 is 1.25 bits per heavy atom. The molecule has 0 fully saturated rings. The van der Waals surface area contributed by atoms with Crippen LogP contribution in [0, 0.1) is 11.8 Å². The molecular weight excluding hydrogens is 325 g/mol. The lowest BCUT2D eigenvalue weighted by Gasteiger charge is -2.05. The minimum Gasteiger partial charge on any atom is -0.463 e. The highest BCUT2D eigenvalue weighted by Crippen LogP contribution is 2.29. The summed E-state index contributed by atoms with van der Waals surface area (Å²) in [6.45, 7) is 0. The Morgan fingerprint density at radius 2 is 1.96 bits per heavy atom.